The highest BCUT2D eigenvalue weighted by Gasteiger charge is 2.34. The van der Waals surface area contributed by atoms with Crippen molar-refractivity contribution in [3.63, 3.8) is 0 Å². The Bertz CT molecular complexity index is 449. The molecule has 5 nitrogen and oxygen atoms in total. The molecule has 0 spiro atoms. The molecule has 0 bridgehead atoms. The number of hydrogen-bond acceptors (Lipinski definition) is 3. The molecule has 0 aliphatic heterocycles. The molecule has 0 heterocycles. The van der Waals surface area contributed by atoms with E-state index in [4.69, 9.17) is 10.3 Å². The zero-order valence-electron chi connectivity index (χ0n) is 10.0. The number of rotatable bonds is 5. The van der Waals surface area contributed by atoms with Crippen LogP contribution in [0.5, 0.6) is 0 Å². The second-order valence-corrected chi connectivity index (χ2v) is 4.54. The third-order valence-electron chi connectivity index (χ3n) is 3.20. The Morgan fingerprint density at radius 2 is 2.11 bits per heavy atom. The van der Waals surface area contributed by atoms with E-state index >= 15 is 0 Å². The van der Waals surface area contributed by atoms with E-state index in [1.54, 1.807) is 0 Å². The van der Waals surface area contributed by atoms with E-state index in [-0.39, 0.29) is 11.9 Å². The lowest BCUT2D eigenvalue weighted by Crippen LogP contribution is -2.33. The van der Waals surface area contributed by atoms with Crippen LogP contribution in [-0.2, 0) is 16.1 Å². The van der Waals surface area contributed by atoms with Gasteiger partial charge in [-0.1, -0.05) is 35.4 Å². The molecule has 1 aromatic rings. The Labute approximate surface area is 105 Å². The van der Waals surface area contributed by atoms with E-state index in [9.17, 15) is 4.79 Å². The van der Waals surface area contributed by atoms with Crippen molar-refractivity contribution in [2.75, 3.05) is 6.54 Å². The van der Waals surface area contributed by atoms with Gasteiger partial charge in [-0.15, -0.1) is 0 Å². The first-order chi connectivity index (χ1) is 8.79. The lowest BCUT2D eigenvalue weighted by Gasteiger charge is -2.32. The van der Waals surface area contributed by atoms with Crippen molar-refractivity contribution in [3.05, 3.63) is 46.3 Å². The SMILES string of the molecule is [N-]=[N+]=NCC1CC(C(=O)OCc2ccccc2)C1. The minimum atomic E-state index is -0.143. The fourth-order valence-corrected chi connectivity index (χ4v) is 2.08. The molecule has 1 aliphatic rings. The van der Waals surface area contributed by atoms with E-state index in [0.717, 1.165) is 18.4 Å². The lowest BCUT2D eigenvalue weighted by atomic mass is 9.75. The number of benzene rings is 1. The average Bonchev–Trinajstić information content (AvgIpc) is 2.36. The van der Waals surface area contributed by atoms with Crippen molar-refractivity contribution in [3.8, 4) is 0 Å². The van der Waals surface area contributed by atoms with E-state index < -0.39 is 0 Å². The summed E-state index contributed by atoms with van der Waals surface area (Å²) in [5.41, 5.74) is 9.18. The van der Waals surface area contributed by atoms with Crippen LogP contribution in [0, 0.1) is 11.8 Å². The van der Waals surface area contributed by atoms with Crippen molar-refractivity contribution >= 4 is 5.97 Å². The molecule has 1 aliphatic carbocycles. The van der Waals surface area contributed by atoms with Gasteiger partial charge in [0.15, 0.2) is 0 Å². The number of esters is 1. The number of nitrogens with zero attached hydrogens (tertiary/aromatic N) is 3. The normalized spacial score (nSPS) is 21.6. The third kappa shape index (κ3) is 3.25. The first-order valence-corrected chi connectivity index (χ1v) is 6.01. The summed E-state index contributed by atoms with van der Waals surface area (Å²) >= 11 is 0. The number of carbonyl (C=O) groups is 1. The Kier molecular flexibility index (Phi) is 4.20. The van der Waals surface area contributed by atoms with Crippen LogP contribution in [0.25, 0.3) is 10.4 Å². The van der Waals surface area contributed by atoms with Crippen molar-refractivity contribution in [1.29, 1.82) is 0 Å². The maximum atomic E-state index is 11.7. The fourth-order valence-electron chi connectivity index (χ4n) is 2.08. The van der Waals surface area contributed by atoms with Crippen molar-refractivity contribution < 1.29 is 9.53 Å². The van der Waals surface area contributed by atoms with Crippen LogP contribution < -0.4 is 0 Å². The van der Waals surface area contributed by atoms with Gasteiger partial charge in [0.2, 0.25) is 0 Å². The minimum absolute atomic E-state index is 0.0207. The molecule has 94 valence electrons. The summed E-state index contributed by atoms with van der Waals surface area (Å²) in [7, 11) is 0. The smallest absolute Gasteiger partial charge is 0.309 e. The molecule has 0 unspecified atom stereocenters. The van der Waals surface area contributed by atoms with Crippen LogP contribution in [0.15, 0.2) is 35.4 Å². The van der Waals surface area contributed by atoms with Gasteiger partial charge in [-0.3, -0.25) is 4.79 Å². The Balaban J connectivity index is 1.69. The monoisotopic (exact) mass is 245 g/mol. The van der Waals surface area contributed by atoms with Gasteiger partial charge >= 0.3 is 5.97 Å². The topological polar surface area (TPSA) is 75.1 Å². The lowest BCUT2D eigenvalue weighted by molar-refractivity contribution is -0.154. The third-order valence-corrected chi connectivity index (χ3v) is 3.20. The van der Waals surface area contributed by atoms with Crippen LogP contribution in [0.2, 0.25) is 0 Å². The molecule has 0 radical (unpaired) electrons. The van der Waals surface area contributed by atoms with Crippen molar-refractivity contribution in [2.45, 2.75) is 19.4 Å². The van der Waals surface area contributed by atoms with Crippen molar-refractivity contribution in [1.82, 2.24) is 0 Å². The molecule has 1 aromatic carbocycles. The van der Waals surface area contributed by atoms with Gasteiger partial charge in [-0.25, -0.2) is 0 Å². The van der Waals surface area contributed by atoms with E-state index in [2.05, 4.69) is 10.0 Å². The van der Waals surface area contributed by atoms with Crippen LogP contribution >= 0.6 is 0 Å². The summed E-state index contributed by atoms with van der Waals surface area (Å²) in [5, 5.41) is 3.51. The van der Waals surface area contributed by atoms with Crippen LogP contribution in [0.3, 0.4) is 0 Å². The van der Waals surface area contributed by atoms with Gasteiger partial charge in [-0.05, 0) is 29.9 Å². The summed E-state index contributed by atoms with van der Waals surface area (Å²) in [5.74, 6) is 0.179. The van der Waals surface area contributed by atoms with Gasteiger partial charge in [0, 0.05) is 11.5 Å². The average molecular weight is 245 g/mol. The summed E-state index contributed by atoms with van der Waals surface area (Å²) in [6.45, 7) is 0.816. The second-order valence-electron chi connectivity index (χ2n) is 4.54. The van der Waals surface area contributed by atoms with Gasteiger partial charge in [0.25, 0.3) is 0 Å². The highest BCUT2D eigenvalue weighted by Crippen LogP contribution is 2.34. The predicted octanol–water partition coefficient (Wildman–Crippen LogP) is 3.07. The standard InChI is InChI=1S/C13H15N3O2/c14-16-15-8-11-6-12(7-11)13(17)18-9-10-4-2-1-3-5-10/h1-5,11-12H,6-9H2. The first-order valence-electron chi connectivity index (χ1n) is 6.01. The summed E-state index contributed by atoms with van der Waals surface area (Å²) < 4.78 is 5.24. The molecule has 0 amide bonds. The van der Waals surface area contributed by atoms with Crippen LogP contribution in [0.4, 0.5) is 0 Å². The maximum Gasteiger partial charge on any atom is 0.309 e. The fraction of sp³-hybridized carbons (Fsp3) is 0.462. The van der Waals surface area contributed by atoms with Gasteiger partial charge in [-0.2, -0.15) is 0 Å². The molecule has 0 N–H and O–H groups in total. The molecule has 0 aromatic heterocycles. The van der Waals surface area contributed by atoms with Crippen LogP contribution in [-0.4, -0.2) is 12.5 Å². The molecule has 5 heteroatoms. The van der Waals surface area contributed by atoms with E-state index in [1.165, 1.54) is 0 Å². The molecular formula is C13H15N3O2. The highest BCUT2D eigenvalue weighted by molar-refractivity contribution is 5.73. The highest BCUT2D eigenvalue weighted by atomic mass is 16.5. The quantitative estimate of drug-likeness (QED) is 0.346. The molecule has 18 heavy (non-hydrogen) atoms. The number of azide groups is 1. The summed E-state index contributed by atoms with van der Waals surface area (Å²) in [6.07, 6.45) is 1.54. The van der Waals surface area contributed by atoms with Crippen LogP contribution in [0.1, 0.15) is 18.4 Å². The van der Waals surface area contributed by atoms with Gasteiger partial charge in [0.05, 0.1) is 5.92 Å². The molecule has 2 rings (SSSR count). The molecule has 0 saturated heterocycles. The predicted molar refractivity (Wildman–Crippen MR) is 66.5 cm³/mol. The Morgan fingerprint density at radius 3 is 2.78 bits per heavy atom. The molecule has 1 fully saturated rings. The zero-order valence-corrected chi connectivity index (χ0v) is 10.0. The minimum Gasteiger partial charge on any atom is -0.461 e. The Hall–Kier alpha value is -2.00. The Morgan fingerprint density at radius 1 is 1.39 bits per heavy atom. The molecule has 1 saturated carbocycles. The molecule has 0 atom stereocenters. The summed E-state index contributed by atoms with van der Waals surface area (Å²) in [4.78, 5) is 14.4. The van der Waals surface area contributed by atoms with Gasteiger partial charge in [0.1, 0.15) is 6.61 Å². The van der Waals surface area contributed by atoms with Gasteiger partial charge < -0.3 is 4.74 Å². The maximum absolute atomic E-state index is 11.7. The number of ether oxygens (including phenoxy) is 1. The summed E-state index contributed by atoms with van der Waals surface area (Å²) in [6, 6.07) is 9.62. The second kappa shape index (κ2) is 6.07. The number of hydrogen-bond donors (Lipinski definition) is 0. The van der Waals surface area contributed by atoms with E-state index in [0.29, 0.717) is 19.1 Å². The molecular weight excluding hydrogens is 230 g/mol. The zero-order chi connectivity index (χ0) is 12.8. The van der Waals surface area contributed by atoms with Crippen molar-refractivity contribution in [2.24, 2.45) is 17.0 Å². The van der Waals surface area contributed by atoms with E-state index in [1.807, 2.05) is 30.3 Å². The number of carbonyl (C=O) groups excluding carboxylic acids is 1. The largest absolute Gasteiger partial charge is 0.461 e. The first kappa shape index (κ1) is 12.5.